The molecule has 0 aliphatic carbocycles. The molecular formula is C31H43N3O5. The lowest BCUT2D eigenvalue weighted by molar-refractivity contribution is -0.126. The maximum Gasteiger partial charge on any atom is 0.343 e. The zero-order valence-corrected chi connectivity index (χ0v) is 23.4. The van der Waals surface area contributed by atoms with Crippen LogP contribution in [-0.4, -0.2) is 37.7 Å². The number of nitrogens with zero attached hydrogens (tertiary/aromatic N) is 1. The van der Waals surface area contributed by atoms with Crippen molar-refractivity contribution in [3.63, 3.8) is 0 Å². The van der Waals surface area contributed by atoms with E-state index in [1.54, 1.807) is 55.6 Å². The Kier molecular flexibility index (Phi) is 15.7. The van der Waals surface area contributed by atoms with Crippen molar-refractivity contribution in [2.75, 3.05) is 13.7 Å². The molecule has 0 heterocycles. The number of hydrogen-bond donors (Lipinski definition) is 2. The number of nitrogens with one attached hydrogen (secondary N) is 2. The quantitative estimate of drug-likeness (QED) is 0.0732. The molecule has 0 unspecified atom stereocenters. The highest BCUT2D eigenvalue weighted by Crippen LogP contribution is 2.17. The van der Waals surface area contributed by atoms with Gasteiger partial charge in [0.05, 0.1) is 25.4 Å². The van der Waals surface area contributed by atoms with Gasteiger partial charge in [-0.25, -0.2) is 10.2 Å². The molecular weight excluding hydrogens is 494 g/mol. The second-order valence-electron chi connectivity index (χ2n) is 9.55. The summed E-state index contributed by atoms with van der Waals surface area (Å²) >= 11 is 0. The molecule has 0 bridgehead atoms. The van der Waals surface area contributed by atoms with Crippen LogP contribution in [0.1, 0.15) is 99.9 Å². The fraction of sp³-hybridized carbons (Fsp3) is 0.484. The maximum atomic E-state index is 12.3. The summed E-state index contributed by atoms with van der Waals surface area (Å²) in [6.07, 6.45) is 15.4. The summed E-state index contributed by atoms with van der Waals surface area (Å²) in [5, 5.41) is 6.55. The summed E-state index contributed by atoms with van der Waals surface area (Å²) in [4.78, 5) is 36.3. The molecule has 0 spiro atoms. The highest BCUT2D eigenvalue weighted by Gasteiger charge is 2.09. The molecule has 39 heavy (non-hydrogen) atoms. The van der Waals surface area contributed by atoms with E-state index in [4.69, 9.17) is 9.47 Å². The Morgan fingerprint density at radius 1 is 0.795 bits per heavy atom. The Bertz CT molecular complexity index is 1040. The lowest BCUT2D eigenvalue weighted by atomic mass is 10.1. The van der Waals surface area contributed by atoms with Crippen molar-refractivity contribution in [3.8, 4) is 11.5 Å². The molecule has 0 fully saturated rings. The Labute approximate surface area is 232 Å². The van der Waals surface area contributed by atoms with E-state index < -0.39 is 11.9 Å². The number of hydrazone groups is 1. The molecule has 2 aromatic rings. The van der Waals surface area contributed by atoms with Crippen LogP contribution in [0.4, 0.5) is 0 Å². The first-order valence-electron chi connectivity index (χ1n) is 14.1. The molecule has 2 N–H and O–H groups in total. The third-order valence-electron chi connectivity index (χ3n) is 6.25. The molecule has 0 atom stereocenters. The van der Waals surface area contributed by atoms with Crippen LogP contribution in [0.2, 0.25) is 0 Å². The molecule has 8 heteroatoms. The highest BCUT2D eigenvalue weighted by molar-refractivity contribution is 5.91. The van der Waals surface area contributed by atoms with Crippen molar-refractivity contribution in [2.45, 2.75) is 84.0 Å². The third-order valence-corrected chi connectivity index (χ3v) is 6.25. The zero-order chi connectivity index (χ0) is 28.1. The van der Waals surface area contributed by atoms with Crippen LogP contribution in [0.5, 0.6) is 11.5 Å². The van der Waals surface area contributed by atoms with Crippen molar-refractivity contribution < 1.29 is 23.9 Å². The summed E-state index contributed by atoms with van der Waals surface area (Å²) in [6.45, 7) is 2.11. The number of unbranched alkanes of at least 4 members (excludes halogenated alkanes) is 10. The van der Waals surface area contributed by atoms with E-state index in [1.807, 2.05) is 0 Å². The highest BCUT2D eigenvalue weighted by atomic mass is 16.5. The number of carbonyl (C=O) groups excluding carboxylic acids is 3. The van der Waals surface area contributed by atoms with Gasteiger partial charge in [0.15, 0.2) is 0 Å². The molecule has 0 saturated heterocycles. The molecule has 0 aromatic heterocycles. The van der Waals surface area contributed by atoms with Crippen LogP contribution in [-0.2, 0) is 9.59 Å². The SMILES string of the molecule is CCCCCCCCCCCCCC(=O)NCC(=O)N/N=C\c1cccc(OC(=O)c2ccc(OC)cc2)c1. The van der Waals surface area contributed by atoms with Crippen LogP contribution in [0, 0.1) is 0 Å². The Hall–Kier alpha value is -3.68. The third kappa shape index (κ3) is 14.2. The molecule has 0 saturated carbocycles. The van der Waals surface area contributed by atoms with Gasteiger partial charge < -0.3 is 14.8 Å². The summed E-state index contributed by atoms with van der Waals surface area (Å²) < 4.78 is 10.5. The number of methoxy groups -OCH3 is 1. The predicted molar refractivity (Wildman–Crippen MR) is 154 cm³/mol. The molecule has 2 amide bonds. The smallest absolute Gasteiger partial charge is 0.343 e. The molecule has 0 aliphatic rings. The lowest BCUT2D eigenvalue weighted by Gasteiger charge is -2.06. The van der Waals surface area contributed by atoms with Crippen molar-refractivity contribution in [3.05, 3.63) is 59.7 Å². The van der Waals surface area contributed by atoms with Crippen LogP contribution < -0.4 is 20.2 Å². The number of amides is 2. The minimum atomic E-state index is -0.496. The van der Waals surface area contributed by atoms with Gasteiger partial charge in [0.1, 0.15) is 11.5 Å². The van der Waals surface area contributed by atoms with Gasteiger partial charge >= 0.3 is 5.97 Å². The number of carbonyl (C=O) groups is 3. The second kappa shape index (κ2) is 19.4. The van der Waals surface area contributed by atoms with E-state index in [1.165, 1.54) is 57.6 Å². The first-order valence-corrected chi connectivity index (χ1v) is 14.1. The zero-order valence-electron chi connectivity index (χ0n) is 23.4. The minimum absolute atomic E-state index is 0.128. The number of benzene rings is 2. The van der Waals surface area contributed by atoms with Gasteiger partial charge in [-0.2, -0.15) is 5.10 Å². The Morgan fingerprint density at radius 2 is 1.44 bits per heavy atom. The Morgan fingerprint density at radius 3 is 2.08 bits per heavy atom. The van der Waals surface area contributed by atoms with Gasteiger partial charge in [-0.15, -0.1) is 0 Å². The van der Waals surface area contributed by atoms with Gasteiger partial charge in [0.2, 0.25) is 5.91 Å². The summed E-state index contributed by atoms with van der Waals surface area (Å²) in [5.74, 6) is -0.0440. The average Bonchev–Trinajstić information content (AvgIpc) is 2.95. The van der Waals surface area contributed by atoms with Crippen molar-refractivity contribution in [1.82, 2.24) is 10.7 Å². The number of esters is 1. The fourth-order valence-electron chi connectivity index (χ4n) is 3.99. The molecule has 0 aliphatic heterocycles. The van der Waals surface area contributed by atoms with Gasteiger partial charge in [-0.3, -0.25) is 9.59 Å². The monoisotopic (exact) mass is 537 g/mol. The lowest BCUT2D eigenvalue weighted by Crippen LogP contribution is -2.34. The molecule has 8 nitrogen and oxygen atoms in total. The van der Waals surface area contributed by atoms with Gasteiger partial charge in [-0.1, -0.05) is 83.3 Å². The van der Waals surface area contributed by atoms with Crippen molar-refractivity contribution in [2.24, 2.45) is 5.10 Å². The molecule has 2 rings (SSSR count). The number of rotatable bonds is 19. The first-order chi connectivity index (χ1) is 19.0. The maximum absolute atomic E-state index is 12.3. The van der Waals surface area contributed by atoms with E-state index in [0.717, 1.165) is 19.3 Å². The fourth-order valence-corrected chi connectivity index (χ4v) is 3.99. The summed E-state index contributed by atoms with van der Waals surface area (Å²) in [6, 6.07) is 13.4. The first kappa shape index (κ1) is 31.5. The van der Waals surface area contributed by atoms with E-state index in [0.29, 0.717) is 29.0 Å². The summed E-state index contributed by atoms with van der Waals surface area (Å²) in [5.41, 5.74) is 3.42. The second-order valence-corrected chi connectivity index (χ2v) is 9.55. The van der Waals surface area contributed by atoms with Gasteiger partial charge in [0.25, 0.3) is 5.91 Å². The number of hydrogen-bond acceptors (Lipinski definition) is 6. The Balaban J connectivity index is 1.58. The molecule has 0 radical (unpaired) electrons. The van der Waals surface area contributed by atoms with E-state index in [-0.39, 0.29) is 12.5 Å². The summed E-state index contributed by atoms with van der Waals surface area (Å²) in [7, 11) is 1.55. The predicted octanol–water partition coefficient (Wildman–Crippen LogP) is 6.18. The van der Waals surface area contributed by atoms with E-state index in [9.17, 15) is 14.4 Å². The van der Waals surface area contributed by atoms with Gasteiger partial charge in [-0.05, 0) is 48.4 Å². The average molecular weight is 538 g/mol. The van der Waals surface area contributed by atoms with Crippen molar-refractivity contribution >= 4 is 24.0 Å². The van der Waals surface area contributed by atoms with Crippen LogP contribution >= 0.6 is 0 Å². The molecule has 2 aromatic carbocycles. The largest absolute Gasteiger partial charge is 0.497 e. The topological polar surface area (TPSA) is 106 Å². The minimum Gasteiger partial charge on any atom is -0.497 e. The van der Waals surface area contributed by atoms with Gasteiger partial charge in [0, 0.05) is 6.42 Å². The van der Waals surface area contributed by atoms with Crippen LogP contribution in [0.3, 0.4) is 0 Å². The van der Waals surface area contributed by atoms with E-state index in [2.05, 4.69) is 22.8 Å². The van der Waals surface area contributed by atoms with Crippen LogP contribution in [0.15, 0.2) is 53.6 Å². The molecule has 212 valence electrons. The number of ether oxygens (including phenoxy) is 2. The normalized spacial score (nSPS) is 10.8. The van der Waals surface area contributed by atoms with Crippen LogP contribution in [0.25, 0.3) is 0 Å². The standard InChI is InChI=1S/C31H43N3O5/c1-3-4-5-6-7-8-9-10-11-12-13-17-29(35)32-24-30(36)34-33-23-25-15-14-16-28(22-25)39-31(37)26-18-20-27(38-2)21-19-26/h14-16,18-23H,3-13,17,24H2,1-2H3,(H,32,35)(H,34,36)/b33-23-. The van der Waals surface area contributed by atoms with E-state index >= 15 is 0 Å². The van der Waals surface area contributed by atoms with Crippen molar-refractivity contribution in [1.29, 1.82) is 0 Å².